The van der Waals surface area contributed by atoms with E-state index in [1.54, 1.807) is 38.1 Å². The Hall–Kier alpha value is -1.82. The maximum absolute atomic E-state index is 12.4. The molecule has 0 bridgehead atoms. The maximum atomic E-state index is 12.4. The number of carbonyl (C=O) groups is 1. The monoisotopic (exact) mass is 327 g/mol. The lowest BCUT2D eigenvalue weighted by molar-refractivity contribution is 0.0731. The molecule has 1 aliphatic heterocycles. The molecule has 0 saturated carbocycles. The first-order valence-electron chi connectivity index (χ1n) is 6.83. The van der Waals surface area contributed by atoms with Crippen molar-refractivity contribution in [3.8, 4) is 5.75 Å². The third-order valence-electron chi connectivity index (χ3n) is 2.82. The minimum Gasteiger partial charge on any atom is -0.459 e. The molecule has 0 aliphatic carbocycles. The summed E-state index contributed by atoms with van der Waals surface area (Å²) in [6.07, 6.45) is 1.20. The molecule has 1 heterocycles. The summed E-state index contributed by atoms with van der Waals surface area (Å²) in [4.78, 5) is 13.6. The van der Waals surface area contributed by atoms with Crippen LogP contribution in [0.5, 0.6) is 5.75 Å². The third kappa shape index (κ3) is 3.50. The van der Waals surface area contributed by atoms with Gasteiger partial charge >= 0.3 is 7.82 Å². The first kappa shape index (κ1) is 16.5. The molecule has 0 radical (unpaired) electrons. The van der Waals surface area contributed by atoms with Crippen molar-refractivity contribution in [2.24, 2.45) is 0 Å². The normalized spacial score (nSPS) is 14.8. The Labute approximate surface area is 129 Å². The van der Waals surface area contributed by atoms with Gasteiger partial charge < -0.3 is 9.26 Å². The third-order valence-corrected chi connectivity index (χ3v) is 4.38. The van der Waals surface area contributed by atoms with Crippen LogP contribution in [-0.4, -0.2) is 31.1 Å². The van der Waals surface area contributed by atoms with Crippen molar-refractivity contribution in [2.75, 3.05) is 20.3 Å². The number of fused-ring (bicyclic) bond motifs is 1. The van der Waals surface area contributed by atoms with Crippen LogP contribution in [0.2, 0.25) is 0 Å². The average molecular weight is 327 g/mol. The van der Waals surface area contributed by atoms with E-state index in [1.165, 1.54) is 18.2 Å². The van der Waals surface area contributed by atoms with Gasteiger partial charge in [0.2, 0.25) is 5.88 Å². The van der Waals surface area contributed by atoms with Gasteiger partial charge in [0, 0.05) is 7.05 Å². The predicted octanol–water partition coefficient (Wildman–Crippen LogP) is 3.15. The van der Waals surface area contributed by atoms with E-state index in [0.717, 1.165) is 0 Å². The molecule has 1 aromatic rings. The fraction of sp³-hybridized carbons (Fsp3) is 0.357. The van der Waals surface area contributed by atoms with Crippen LogP contribution < -0.4 is 4.74 Å². The summed E-state index contributed by atoms with van der Waals surface area (Å²) < 4.78 is 33.2. The second-order valence-electron chi connectivity index (χ2n) is 4.31. The number of rotatable bonds is 6. The minimum absolute atomic E-state index is 0.0496. The molecule has 0 aromatic heterocycles. The van der Waals surface area contributed by atoms with E-state index in [9.17, 15) is 9.36 Å². The van der Waals surface area contributed by atoms with Gasteiger partial charge in [0.1, 0.15) is 5.75 Å². The van der Waals surface area contributed by atoms with Crippen LogP contribution in [0.3, 0.4) is 0 Å². The van der Waals surface area contributed by atoms with E-state index in [4.69, 9.17) is 18.3 Å². The summed E-state index contributed by atoms with van der Waals surface area (Å²) in [7, 11) is -2.32. The molecule has 0 N–H and O–H groups in total. The van der Waals surface area contributed by atoms with Gasteiger partial charge in [0.15, 0.2) is 6.26 Å². The highest BCUT2D eigenvalue weighted by molar-refractivity contribution is 7.48. The van der Waals surface area contributed by atoms with Gasteiger partial charge in [-0.15, -0.1) is 0 Å². The molecule has 1 aliphatic rings. The Morgan fingerprint density at radius 2 is 1.82 bits per heavy atom. The van der Waals surface area contributed by atoms with Crippen LogP contribution in [0, 0.1) is 0 Å². The number of phosphoric ester groups is 1. The topological polar surface area (TPSA) is 74.3 Å². The van der Waals surface area contributed by atoms with E-state index in [0.29, 0.717) is 11.3 Å². The van der Waals surface area contributed by atoms with Crippen LogP contribution in [0.4, 0.5) is 0 Å². The summed E-state index contributed by atoms with van der Waals surface area (Å²) in [5, 5.41) is 0. The van der Waals surface area contributed by atoms with Gasteiger partial charge in [-0.3, -0.25) is 18.7 Å². The number of phosphoric acid groups is 1. The van der Waals surface area contributed by atoms with Crippen LogP contribution in [0.1, 0.15) is 24.2 Å². The number of benzene rings is 1. The molecule has 1 amide bonds. The van der Waals surface area contributed by atoms with E-state index >= 15 is 0 Å². The van der Waals surface area contributed by atoms with Crippen molar-refractivity contribution in [1.82, 2.24) is 4.90 Å². The van der Waals surface area contributed by atoms with Gasteiger partial charge in [0.25, 0.3) is 5.91 Å². The minimum atomic E-state index is -3.81. The quantitative estimate of drug-likeness (QED) is 0.747. The van der Waals surface area contributed by atoms with Crippen molar-refractivity contribution in [3.05, 3.63) is 42.0 Å². The molecule has 1 aromatic carbocycles. The summed E-state index contributed by atoms with van der Waals surface area (Å²) in [5.74, 6) is -0.00840. The summed E-state index contributed by atoms with van der Waals surface area (Å²) in [6, 6.07) is 6.77. The molecular weight excluding hydrogens is 309 g/mol. The number of amides is 1. The first-order valence-corrected chi connectivity index (χ1v) is 8.29. The molecule has 8 heteroatoms. The van der Waals surface area contributed by atoms with Crippen molar-refractivity contribution in [2.45, 2.75) is 13.8 Å². The molecule has 0 spiro atoms. The van der Waals surface area contributed by atoms with Crippen molar-refractivity contribution in [3.63, 3.8) is 0 Å². The SMILES string of the molecule is CCOP(=O)(OCC)OC1=COc2ccccc2C(=O)N1C. The van der Waals surface area contributed by atoms with E-state index in [-0.39, 0.29) is 25.0 Å². The van der Waals surface area contributed by atoms with Crippen LogP contribution in [-0.2, 0) is 18.1 Å². The van der Waals surface area contributed by atoms with Crippen LogP contribution in [0.25, 0.3) is 0 Å². The molecular formula is C14H18NO6P. The Bertz CT molecular complexity index is 620. The lowest BCUT2D eigenvalue weighted by atomic mass is 10.2. The number of hydrogen-bond acceptors (Lipinski definition) is 6. The van der Waals surface area contributed by atoms with E-state index < -0.39 is 7.82 Å². The molecule has 120 valence electrons. The summed E-state index contributed by atoms with van der Waals surface area (Å²) in [5.41, 5.74) is 0.377. The highest BCUT2D eigenvalue weighted by Crippen LogP contribution is 2.51. The highest BCUT2D eigenvalue weighted by atomic mass is 31.2. The number of ether oxygens (including phenoxy) is 1. The Morgan fingerprint density at radius 3 is 2.45 bits per heavy atom. The van der Waals surface area contributed by atoms with Gasteiger partial charge in [-0.05, 0) is 26.0 Å². The molecule has 2 rings (SSSR count). The lowest BCUT2D eigenvalue weighted by Crippen LogP contribution is -2.26. The predicted molar refractivity (Wildman–Crippen MR) is 79.2 cm³/mol. The number of carbonyl (C=O) groups excluding carboxylic acids is 1. The van der Waals surface area contributed by atoms with Gasteiger partial charge in [0.05, 0.1) is 18.8 Å². The molecule has 0 saturated heterocycles. The van der Waals surface area contributed by atoms with Crippen LogP contribution in [0.15, 0.2) is 36.4 Å². The fourth-order valence-corrected chi connectivity index (χ4v) is 3.03. The smallest absolute Gasteiger partial charge is 0.459 e. The van der Waals surface area contributed by atoms with Gasteiger partial charge in [-0.25, -0.2) is 4.57 Å². The summed E-state index contributed by atoms with van der Waals surface area (Å²) in [6.45, 7) is 3.61. The Balaban J connectivity index is 2.27. The Kier molecular flexibility index (Phi) is 5.24. The van der Waals surface area contributed by atoms with Gasteiger partial charge in [-0.2, -0.15) is 0 Å². The number of hydrogen-bond donors (Lipinski definition) is 0. The number of nitrogens with zero attached hydrogens (tertiary/aromatic N) is 1. The Morgan fingerprint density at radius 1 is 1.18 bits per heavy atom. The summed E-state index contributed by atoms with van der Waals surface area (Å²) >= 11 is 0. The molecule has 22 heavy (non-hydrogen) atoms. The molecule has 0 fully saturated rings. The fourth-order valence-electron chi connectivity index (χ4n) is 1.82. The standard InChI is InChI=1S/C14H18NO6P/c1-4-19-22(17,20-5-2)21-13-10-18-12-9-7-6-8-11(12)14(16)15(13)3/h6-10H,4-5H2,1-3H3. The van der Waals surface area contributed by atoms with E-state index in [2.05, 4.69) is 0 Å². The second kappa shape index (κ2) is 6.96. The highest BCUT2D eigenvalue weighted by Gasteiger charge is 2.33. The van der Waals surface area contributed by atoms with Crippen LogP contribution >= 0.6 is 7.82 Å². The lowest BCUT2D eigenvalue weighted by Gasteiger charge is -2.22. The van der Waals surface area contributed by atoms with Crippen molar-refractivity contribution >= 4 is 13.7 Å². The van der Waals surface area contributed by atoms with E-state index in [1.807, 2.05) is 0 Å². The van der Waals surface area contributed by atoms with Gasteiger partial charge in [-0.1, -0.05) is 12.1 Å². The molecule has 7 nitrogen and oxygen atoms in total. The maximum Gasteiger partial charge on any atom is 0.531 e. The average Bonchev–Trinajstić information content (AvgIpc) is 2.60. The largest absolute Gasteiger partial charge is 0.531 e. The zero-order valence-corrected chi connectivity index (χ0v) is 13.5. The molecule has 0 unspecified atom stereocenters. The first-order chi connectivity index (χ1) is 10.5. The molecule has 0 atom stereocenters. The second-order valence-corrected chi connectivity index (χ2v) is 5.90. The number of para-hydroxylation sites is 1. The van der Waals surface area contributed by atoms with Crippen molar-refractivity contribution in [1.29, 1.82) is 0 Å². The zero-order valence-electron chi connectivity index (χ0n) is 12.6. The zero-order chi connectivity index (χ0) is 16.2. The van der Waals surface area contributed by atoms with Crippen molar-refractivity contribution < 1.29 is 27.7 Å².